The summed E-state index contributed by atoms with van der Waals surface area (Å²) in [6, 6.07) is 6.04. The molecule has 0 aromatic carbocycles. The van der Waals surface area contributed by atoms with Crippen molar-refractivity contribution >= 4 is 5.82 Å². The van der Waals surface area contributed by atoms with Crippen LogP contribution < -0.4 is 4.90 Å². The van der Waals surface area contributed by atoms with E-state index in [1.165, 1.54) is 5.56 Å². The topological polar surface area (TPSA) is 59.7 Å². The third-order valence-electron chi connectivity index (χ3n) is 5.20. The highest BCUT2D eigenvalue weighted by Crippen LogP contribution is 2.30. The molecule has 4 heterocycles. The monoisotopic (exact) mass is 348 g/mol. The van der Waals surface area contributed by atoms with Gasteiger partial charge in [-0.05, 0) is 38.8 Å². The molecule has 26 heavy (non-hydrogen) atoms. The van der Waals surface area contributed by atoms with E-state index in [4.69, 9.17) is 0 Å². The van der Waals surface area contributed by atoms with Crippen LogP contribution in [0.4, 0.5) is 5.82 Å². The van der Waals surface area contributed by atoms with Gasteiger partial charge in [-0.1, -0.05) is 6.07 Å². The third-order valence-corrected chi connectivity index (χ3v) is 5.20. The third kappa shape index (κ3) is 3.31. The van der Waals surface area contributed by atoms with Crippen LogP contribution >= 0.6 is 0 Å². The molecule has 0 unspecified atom stereocenters. The van der Waals surface area contributed by atoms with E-state index in [0.717, 1.165) is 55.5 Å². The van der Waals surface area contributed by atoms with Gasteiger partial charge in [0.2, 0.25) is 0 Å². The van der Waals surface area contributed by atoms with E-state index >= 15 is 0 Å². The first-order chi connectivity index (χ1) is 12.7. The quantitative estimate of drug-likeness (QED) is 0.725. The van der Waals surface area contributed by atoms with E-state index < -0.39 is 0 Å². The Kier molecular flexibility index (Phi) is 4.65. The Balaban J connectivity index is 1.55. The zero-order valence-electron chi connectivity index (χ0n) is 15.3. The van der Waals surface area contributed by atoms with E-state index in [1.54, 1.807) is 6.33 Å². The van der Waals surface area contributed by atoms with Crippen LogP contribution in [0.15, 0.2) is 43.1 Å². The van der Waals surface area contributed by atoms with Crippen molar-refractivity contribution in [2.45, 2.75) is 39.2 Å². The zero-order chi connectivity index (χ0) is 17.9. The molecule has 0 radical (unpaired) electrons. The van der Waals surface area contributed by atoms with Gasteiger partial charge in [-0.25, -0.2) is 15.0 Å². The zero-order valence-corrected chi connectivity index (χ0v) is 15.3. The summed E-state index contributed by atoms with van der Waals surface area (Å²) in [4.78, 5) is 20.4. The van der Waals surface area contributed by atoms with Gasteiger partial charge >= 0.3 is 0 Å². The Morgan fingerprint density at radius 1 is 1.08 bits per heavy atom. The molecule has 1 fully saturated rings. The average Bonchev–Trinajstić information content (AvgIpc) is 3.13. The molecule has 3 aromatic heterocycles. The highest BCUT2D eigenvalue weighted by atomic mass is 15.2. The summed E-state index contributed by atoms with van der Waals surface area (Å²) in [7, 11) is 0. The summed E-state index contributed by atoms with van der Waals surface area (Å²) < 4.78 is 2.23. The van der Waals surface area contributed by atoms with Crippen LogP contribution in [0.2, 0.25) is 0 Å². The van der Waals surface area contributed by atoms with Crippen LogP contribution in [-0.2, 0) is 6.54 Å². The number of nitrogens with zero attached hydrogens (tertiary/aromatic N) is 6. The van der Waals surface area contributed by atoms with Crippen molar-refractivity contribution in [3.05, 3.63) is 65.9 Å². The largest absolute Gasteiger partial charge is 0.356 e. The van der Waals surface area contributed by atoms with Gasteiger partial charge in [-0.15, -0.1) is 0 Å². The Bertz CT molecular complexity index is 873. The second-order valence-corrected chi connectivity index (χ2v) is 6.93. The van der Waals surface area contributed by atoms with Gasteiger partial charge in [0.25, 0.3) is 0 Å². The minimum Gasteiger partial charge on any atom is -0.356 e. The molecular weight excluding hydrogens is 324 g/mol. The van der Waals surface area contributed by atoms with Crippen molar-refractivity contribution in [2.24, 2.45) is 0 Å². The first-order valence-corrected chi connectivity index (χ1v) is 9.16. The lowest BCUT2D eigenvalue weighted by atomic mass is 9.96. The molecule has 0 spiro atoms. The Morgan fingerprint density at radius 3 is 2.85 bits per heavy atom. The first kappa shape index (κ1) is 16.7. The normalized spacial score (nSPS) is 17.5. The van der Waals surface area contributed by atoms with Gasteiger partial charge in [0, 0.05) is 48.9 Å². The lowest BCUT2D eigenvalue weighted by Gasteiger charge is -2.34. The van der Waals surface area contributed by atoms with Crippen LogP contribution in [0.5, 0.6) is 0 Å². The molecule has 1 aliphatic rings. The molecule has 1 atom stereocenters. The fraction of sp³-hybridized carbons (Fsp3) is 0.400. The molecule has 0 N–H and O–H groups in total. The minimum absolute atomic E-state index is 0.400. The fourth-order valence-electron chi connectivity index (χ4n) is 3.71. The van der Waals surface area contributed by atoms with Gasteiger partial charge in [-0.3, -0.25) is 4.98 Å². The number of rotatable bonds is 4. The maximum absolute atomic E-state index is 4.68. The van der Waals surface area contributed by atoms with Gasteiger partial charge in [0.15, 0.2) is 0 Å². The molecule has 0 amide bonds. The Hall–Kier alpha value is -2.76. The summed E-state index contributed by atoms with van der Waals surface area (Å²) in [6.45, 7) is 6.89. The van der Waals surface area contributed by atoms with Crippen LogP contribution in [0.25, 0.3) is 0 Å². The molecule has 6 heteroatoms. The number of hydrogen-bond acceptors (Lipinski definition) is 5. The van der Waals surface area contributed by atoms with Gasteiger partial charge < -0.3 is 9.47 Å². The number of imidazole rings is 1. The highest BCUT2D eigenvalue weighted by molar-refractivity contribution is 5.48. The van der Waals surface area contributed by atoms with Gasteiger partial charge in [0.1, 0.15) is 18.0 Å². The van der Waals surface area contributed by atoms with Crippen LogP contribution in [0, 0.1) is 13.8 Å². The number of aromatic nitrogens is 5. The van der Waals surface area contributed by atoms with Crippen molar-refractivity contribution in [1.82, 2.24) is 24.5 Å². The Labute approximate surface area is 154 Å². The predicted octanol–water partition coefficient (Wildman–Crippen LogP) is 3.12. The number of hydrogen-bond donors (Lipinski definition) is 0. The maximum atomic E-state index is 4.68. The summed E-state index contributed by atoms with van der Waals surface area (Å²) in [5.74, 6) is 2.60. The van der Waals surface area contributed by atoms with E-state index in [9.17, 15) is 0 Å². The van der Waals surface area contributed by atoms with Crippen molar-refractivity contribution < 1.29 is 0 Å². The highest BCUT2D eigenvalue weighted by Gasteiger charge is 2.26. The smallest absolute Gasteiger partial charge is 0.135 e. The molecule has 1 aliphatic heterocycles. The van der Waals surface area contributed by atoms with Crippen molar-refractivity contribution in [3.63, 3.8) is 0 Å². The van der Waals surface area contributed by atoms with Crippen molar-refractivity contribution in [1.29, 1.82) is 0 Å². The summed E-state index contributed by atoms with van der Waals surface area (Å²) in [5.41, 5.74) is 3.28. The predicted molar refractivity (Wildman–Crippen MR) is 101 cm³/mol. The average molecular weight is 348 g/mol. The number of pyridine rings is 1. The Morgan fingerprint density at radius 2 is 2.00 bits per heavy atom. The summed E-state index contributed by atoms with van der Waals surface area (Å²) in [6.07, 6.45) is 9.76. The molecule has 0 aliphatic carbocycles. The molecular formula is C20H24N6. The van der Waals surface area contributed by atoms with Crippen LogP contribution in [0.3, 0.4) is 0 Å². The fourth-order valence-corrected chi connectivity index (χ4v) is 3.71. The number of anilines is 1. The molecule has 134 valence electrons. The molecule has 0 saturated carbocycles. The number of aryl methyl sites for hydroxylation is 1. The summed E-state index contributed by atoms with van der Waals surface area (Å²) >= 11 is 0. The van der Waals surface area contributed by atoms with E-state index in [2.05, 4.69) is 48.6 Å². The second-order valence-electron chi connectivity index (χ2n) is 6.93. The second kappa shape index (κ2) is 7.23. The van der Waals surface area contributed by atoms with Gasteiger partial charge in [-0.2, -0.15) is 0 Å². The van der Waals surface area contributed by atoms with E-state index in [0.29, 0.717) is 5.92 Å². The van der Waals surface area contributed by atoms with Crippen molar-refractivity contribution in [3.8, 4) is 0 Å². The van der Waals surface area contributed by atoms with Crippen LogP contribution in [-0.4, -0.2) is 37.6 Å². The lowest BCUT2D eigenvalue weighted by molar-refractivity contribution is 0.472. The van der Waals surface area contributed by atoms with Crippen molar-refractivity contribution in [2.75, 3.05) is 18.0 Å². The first-order valence-electron chi connectivity index (χ1n) is 9.16. The molecule has 1 saturated heterocycles. The maximum Gasteiger partial charge on any atom is 0.135 e. The van der Waals surface area contributed by atoms with E-state index in [1.807, 2.05) is 31.5 Å². The number of piperidine rings is 1. The lowest BCUT2D eigenvalue weighted by Crippen LogP contribution is -2.36. The van der Waals surface area contributed by atoms with E-state index in [-0.39, 0.29) is 0 Å². The molecule has 4 rings (SSSR count). The molecule has 6 nitrogen and oxygen atoms in total. The molecule has 0 bridgehead atoms. The summed E-state index contributed by atoms with van der Waals surface area (Å²) in [5, 5.41) is 0. The minimum atomic E-state index is 0.400. The standard InChI is InChI=1S/C20H24N6/c1-15-16(2)23-14-24-19(15)25-10-5-6-17(12-25)20-22-9-11-26(20)13-18-7-3-4-8-21-18/h3-4,7-9,11,14,17H,5-6,10,12-13H2,1-2H3/t17-/m0/s1. The SMILES string of the molecule is Cc1ncnc(N2CCC[C@H](c3nccn3Cc3ccccn3)C2)c1C. The molecule has 3 aromatic rings. The van der Waals surface area contributed by atoms with Gasteiger partial charge in [0.05, 0.1) is 12.2 Å². The van der Waals surface area contributed by atoms with Crippen LogP contribution in [0.1, 0.15) is 41.5 Å².